The number of amides is 1. The standard InChI is InChI=1S/C37H39N5O5/c1-3-46-34(43)26-45-22-17-28-13-10-16-31(23-28)32-24-33(42-36(38-32)35(27(2)39-42)30-14-8-5-9-15-30)40-18-20-41(21-19-40)37(44)47-25-29-11-6-4-7-12-29/h4-16,23-24H,3,17-22,25-26H2,1-2H3. The van der Waals surface area contributed by atoms with Crippen molar-refractivity contribution < 1.29 is 23.8 Å². The molecule has 47 heavy (non-hydrogen) atoms. The zero-order chi connectivity index (χ0) is 32.6. The Bertz CT molecular complexity index is 1820. The SMILES string of the molecule is CCOC(=O)COCCc1cccc(-c2cc(N3CCN(C(=O)OCc4ccccc4)CC3)n3nc(C)c(-c4ccccc4)c3n2)c1. The first-order valence-electron chi connectivity index (χ1n) is 16.0. The van der Waals surface area contributed by atoms with Crippen molar-refractivity contribution in [2.45, 2.75) is 26.9 Å². The van der Waals surface area contributed by atoms with E-state index in [9.17, 15) is 9.59 Å². The van der Waals surface area contributed by atoms with Crippen LogP contribution in [0.1, 0.15) is 23.7 Å². The van der Waals surface area contributed by atoms with Gasteiger partial charge in [0.15, 0.2) is 5.65 Å². The van der Waals surface area contributed by atoms with Crippen LogP contribution in [0, 0.1) is 6.92 Å². The number of hydrogen-bond acceptors (Lipinski definition) is 8. The molecule has 1 aliphatic heterocycles. The fourth-order valence-corrected chi connectivity index (χ4v) is 5.79. The van der Waals surface area contributed by atoms with Crippen LogP contribution in [0.4, 0.5) is 10.6 Å². The molecule has 0 atom stereocenters. The number of carbonyl (C=O) groups is 2. The van der Waals surface area contributed by atoms with Crippen molar-refractivity contribution in [3.63, 3.8) is 0 Å². The van der Waals surface area contributed by atoms with Gasteiger partial charge in [0, 0.05) is 43.4 Å². The molecule has 10 heteroatoms. The molecule has 0 spiro atoms. The average Bonchev–Trinajstić information content (AvgIpc) is 3.45. The molecule has 1 fully saturated rings. The van der Waals surface area contributed by atoms with Crippen LogP contribution in [0.25, 0.3) is 28.0 Å². The largest absolute Gasteiger partial charge is 0.464 e. The van der Waals surface area contributed by atoms with Gasteiger partial charge in [0.25, 0.3) is 0 Å². The molecule has 0 radical (unpaired) electrons. The van der Waals surface area contributed by atoms with Crippen LogP contribution >= 0.6 is 0 Å². The number of esters is 1. The van der Waals surface area contributed by atoms with Crippen LogP contribution in [0.15, 0.2) is 91.0 Å². The monoisotopic (exact) mass is 633 g/mol. The predicted octanol–water partition coefficient (Wildman–Crippen LogP) is 5.95. The summed E-state index contributed by atoms with van der Waals surface area (Å²) >= 11 is 0. The fraction of sp³-hybridized carbons (Fsp3) is 0.297. The molecule has 0 unspecified atom stereocenters. The second-order valence-corrected chi connectivity index (χ2v) is 11.4. The number of aryl methyl sites for hydroxylation is 1. The lowest BCUT2D eigenvalue weighted by atomic mass is 10.0. The van der Waals surface area contributed by atoms with E-state index in [0.29, 0.717) is 45.8 Å². The quantitative estimate of drug-likeness (QED) is 0.130. The van der Waals surface area contributed by atoms with Crippen LogP contribution < -0.4 is 4.90 Å². The second kappa shape index (κ2) is 14.9. The maximum atomic E-state index is 12.9. The molecule has 5 aromatic rings. The Kier molecular flexibility index (Phi) is 10.1. The van der Waals surface area contributed by atoms with E-state index in [4.69, 9.17) is 24.3 Å². The zero-order valence-corrected chi connectivity index (χ0v) is 26.8. The number of nitrogens with zero attached hydrogens (tertiary/aromatic N) is 5. The molecule has 2 aromatic heterocycles. The minimum absolute atomic E-state index is 0.0596. The van der Waals surface area contributed by atoms with Gasteiger partial charge in [-0.2, -0.15) is 9.61 Å². The summed E-state index contributed by atoms with van der Waals surface area (Å²) in [4.78, 5) is 33.7. The first kappa shape index (κ1) is 31.7. The smallest absolute Gasteiger partial charge is 0.410 e. The number of ether oxygens (including phenoxy) is 3. The van der Waals surface area contributed by atoms with Crippen molar-refractivity contribution in [2.24, 2.45) is 0 Å². The normalized spacial score (nSPS) is 13.1. The number of benzene rings is 3. The number of rotatable bonds is 11. The molecule has 0 bridgehead atoms. The lowest BCUT2D eigenvalue weighted by Gasteiger charge is -2.35. The highest BCUT2D eigenvalue weighted by molar-refractivity contribution is 5.83. The zero-order valence-electron chi connectivity index (χ0n) is 26.8. The molecule has 10 nitrogen and oxygen atoms in total. The molecular weight excluding hydrogens is 594 g/mol. The van der Waals surface area contributed by atoms with E-state index in [2.05, 4.69) is 35.2 Å². The minimum Gasteiger partial charge on any atom is -0.464 e. The lowest BCUT2D eigenvalue weighted by Crippen LogP contribution is -2.49. The van der Waals surface area contributed by atoms with E-state index < -0.39 is 0 Å². The van der Waals surface area contributed by atoms with Crippen LogP contribution in [-0.4, -0.2) is 77.6 Å². The van der Waals surface area contributed by atoms with Crippen LogP contribution in [0.3, 0.4) is 0 Å². The van der Waals surface area contributed by atoms with Gasteiger partial charge >= 0.3 is 12.1 Å². The summed E-state index contributed by atoms with van der Waals surface area (Å²) in [5, 5.41) is 4.96. The number of piperazine rings is 1. The summed E-state index contributed by atoms with van der Waals surface area (Å²) in [5.41, 5.74) is 7.52. The van der Waals surface area contributed by atoms with E-state index in [1.54, 1.807) is 11.8 Å². The summed E-state index contributed by atoms with van der Waals surface area (Å²) in [6.45, 7) is 7.01. The fourth-order valence-electron chi connectivity index (χ4n) is 5.79. The molecule has 1 amide bonds. The van der Waals surface area contributed by atoms with Crippen LogP contribution in [-0.2, 0) is 32.0 Å². The van der Waals surface area contributed by atoms with Gasteiger partial charge in [-0.25, -0.2) is 14.6 Å². The van der Waals surface area contributed by atoms with Gasteiger partial charge in [0.1, 0.15) is 19.0 Å². The molecule has 242 valence electrons. The molecule has 0 N–H and O–H groups in total. The van der Waals surface area contributed by atoms with E-state index in [0.717, 1.165) is 50.7 Å². The van der Waals surface area contributed by atoms with Crippen molar-refractivity contribution in [1.82, 2.24) is 19.5 Å². The van der Waals surface area contributed by atoms with Crippen molar-refractivity contribution >= 4 is 23.5 Å². The lowest BCUT2D eigenvalue weighted by molar-refractivity contribution is -0.148. The van der Waals surface area contributed by atoms with Crippen LogP contribution in [0.2, 0.25) is 0 Å². The summed E-state index contributed by atoms with van der Waals surface area (Å²) in [6, 6.07) is 30.2. The highest BCUT2D eigenvalue weighted by Gasteiger charge is 2.26. The Labute approximate surface area is 274 Å². The van der Waals surface area contributed by atoms with Gasteiger partial charge in [-0.05, 0) is 43.0 Å². The molecule has 1 saturated heterocycles. The number of aromatic nitrogens is 3. The second-order valence-electron chi connectivity index (χ2n) is 11.4. The minimum atomic E-state index is -0.360. The number of carbonyl (C=O) groups excluding carboxylic acids is 2. The number of hydrogen-bond donors (Lipinski definition) is 0. The Morgan fingerprint density at radius 1 is 0.809 bits per heavy atom. The van der Waals surface area contributed by atoms with Gasteiger partial charge < -0.3 is 24.0 Å². The third-order valence-corrected chi connectivity index (χ3v) is 8.16. The molecule has 3 aromatic carbocycles. The highest BCUT2D eigenvalue weighted by Crippen LogP contribution is 2.33. The van der Waals surface area contributed by atoms with E-state index in [1.807, 2.05) is 72.1 Å². The first-order chi connectivity index (χ1) is 23.0. The van der Waals surface area contributed by atoms with Crippen LogP contribution in [0.5, 0.6) is 0 Å². The molecule has 6 rings (SSSR count). The van der Waals surface area contributed by atoms with Crippen molar-refractivity contribution in [2.75, 3.05) is 50.9 Å². The van der Waals surface area contributed by atoms with Gasteiger partial charge in [-0.15, -0.1) is 0 Å². The molecule has 3 heterocycles. The number of fused-ring (bicyclic) bond motifs is 1. The molecule has 0 aliphatic carbocycles. The Hall–Kier alpha value is -5.22. The van der Waals surface area contributed by atoms with Crippen molar-refractivity contribution in [3.05, 3.63) is 108 Å². The molecule has 1 aliphatic rings. The summed E-state index contributed by atoms with van der Waals surface area (Å²) in [5.74, 6) is 0.553. The Morgan fingerprint density at radius 2 is 1.51 bits per heavy atom. The van der Waals surface area contributed by atoms with Gasteiger partial charge in [-0.1, -0.05) is 78.9 Å². The summed E-state index contributed by atoms with van der Waals surface area (Å²) in [7, 11) is 0. The van der Waals surface area contributed by atoms with E-state index in [-0.39, 0.29) is 25.3 Å². The summed E-state index contributed by atoms with van der Waals surface area (Å²) in [6.07, 6.45) is 0.338. The first-order valence-corrected chi connectivity index (χ1v) is 16.0. The maximum absolute atomic E-state index is 12.9. The third-order valence-electron chi connectivity index (χ3n) is 8.16. The third kappa shape index (κ3) is 7.61. The summed E-state index contributed by atoms with van der Waals surface area (Å²) < 4.78 is 18.0. The average molecular weight is 634 g/mol. The van der Waals surface area contributed by atoms with Gasteiger partial charge in [0.05, 0.1) is 24.6 Å². The molecular formula is C37H39N5O5. The van der Waals surface area contributed by atoms with E-state index in [1.165, 1.54) is 0 Å². The molecule has 0 saturated carbocycles. The predicted molar refractivity (Wildman–Crippen MR) is 180 cm³/mol. The Morgan fingerprint density at radius 3 is 2.26 bits per heavy atom. The van der Waals surface area contributed by atoms with Crippen molar-refractivity contribution in [3.8, 4) is 22.4 Å². The highest BCUT2D eigenvalue weighted by atomic mass is 16.6. The van der Waals surface area contributed by atoms with Crippen molar-refractivity contribution in [1.29, 1.82) is 0 Å². The van der Waals surface area contributed by atoms with Gasteiger partial charge in [0.2, 0.25) is 0 Å². The number of anilines is 1. The van der Waals surface area contributed by atoms with Gasteiger partial charge in [-0.3, -0.25) is 0 Å². The van der Waals surface area contributed by atoms with E-state index >= 15 is 0 Å². The maximum Gasteiger partial charge on any atom is 0.410 e. The Balaban J connectivity index is 1.25. The topological polar surface area (TPSA) is 98.5 Å².